The average Bonchev–Trinajstić information content (AvgIpc) is 3.38. The molecule has 0 spiro atoms. The van der Waals surface area contributed by atoms with E-state index < -0.39 is 28.8 Å². The number of rotatable bonds is 4. The lowest BCUT2D eigenvalue weighted by molar-refractivity contribution is 0.0568. The molecule has 9 nitrogen and oxygen atoms in total. The number of hydrogen-bond acceptors (Lipinski definition) is 6. The van der Waals surface area contributed by atoms with Gasteiger partial charge < -0.3 is 20.1 Å². The van der Waals surface area contributed by atoms with Crippen molar-refractivity contribution < 1.29 is 23.8 Å². The monoisotopic (exact) mass is 476 g/mol. The molecule has 3 atom stereocenters. The lowest BCUT2D eigenvalue weighted by Gasteiger charge is -2.44. The van der Waals surface area contributed by atoms with Crippen molar-refractivity contribution in [3.8, 4) is 5.75 Å². The zero-order valence-electron chi connectivity index (χ0n) is 17.8. The van der Waals surface area contributed by atoms with E-state index in [2.05, 4.69) is 5.32 Å². The van der Waals surface area contributed by atoms with Crippen LogP contribution in [0.3, 0.4) is 0 Å². The first-order valence-corrected chi connectivity index (χ1v) is 11.1. The van der Waals surface area contributed by atoms with Crippen molar-refractivity contribution in [1.29, 1.82) is 0 Å². The molecule has 3 aliphatic heterocycles. The van der Waals surface area contributed by atoms with Crippen LogP contribution in [-0.4, -0.2) is 58.5 Å². The summed E-state index contributed by atoms with van der Waals surface area (Å²) in [5.74, 6) is -2.54. The zero-order chi connectivity index (χ0) is 23.4. The van der Waals surface area contributed by atoms with E-state index in [1.807, 2.05) is 11.9 Å². The van der Waals surface area contributed by atoms with E-state index in [4.69, 9.17) is 16.3 Å². The first kappa shape index (κ1) is 21.7. The van der Waals surface area contributed by atoms with Gasteiger partial charge in [0.1, 0.15) is 17.5 Å². The van der Waals surface area contributed by atoms with Gasteiger partial charge in [0.15, 0.2) is 11.4 Å². The lowest BCUT2D eigenvalue weighted by atomic mass is 10.0. The SMILES string of the molecule is CCN1C(=O)c2c(O)c(=O)c(C(=O)NCc3cccc(Cl)c3F)cn2N2[C@H]3COCC3C[C@@H]12. The third-order valence-corrected chi connectivity index (χ3v) is 6.91. The maximum absolute atomic E-state index is 14.2. The van der Waals surface area contributed by atoms with Gasteiger partial charge in [-0.05, 0) is 19.4 Å². The zero-order valence-corrected chi connectivity index (χ0v) is 18.5. The second-order valence-corrected chi connectivity index (χ2v) is 8.77. The molecule has 1 unspecified atom stereocenters. The highest BCUT2D eigenvalue weighted by Gasteiger charge is 2.52. The summed E-state index contributed by atoms with van der Waals surface area (Å²) in [4.78, 5) is 40.5. The second-order valence-electron chi connectivity index (χ2n) is 8.36. The highest BCUT2D eigenvalue weighted by Crippen LogP contribution is 2.39. The van der Waals surface area contributed by atoms with Crippen molar-refractivity contribution in [1.82, 2.24) is 14.9 Å². The van der Waals surface area contributed by atoms with Crippen LogP contribution in [0.1, 0.15) is 39.8 Å². The number of aromatic hydroxyl groups is 1. The number of pyridine rings is 1. The summed E-state index contributed by atoms with van der Waals surface area (Å²) in [6, 6.07) is 4.34. The largest absolute Gasteiger partial charge is 0.502 e. The Morgan fingerprint density at radius 3 is 2.88 bits per heavy atom. The Balaban J connectivity index is 1.53. The molecular formula is C22H22ClFN4O5. The number of halogens is 2. The first-order chi connectivity index (χ1) is 15.8. The number of carbonyl (C=O) groups excluding carboxylic acids is 2. The number of ether oxygens (including phenoxy) is 1. The molecule has 1 aromatic carbocycles. The number of aromatic nitrogens is 1. The molecule has 0 bridgehead atoms. The summed E-state index contributed by atoms with van der Waals surface area (Å²) in [7, 11) is 0. The predicted molar refractivity (Wildman–Crippen MR) is 116 cm³/mol. The molecule has 11 heteroatoms. The Labute approximate surface area is 193 Å². The molecule has 0 aliphatic carbocycles. The molecule has 2 fully saturated rings. The molecule has 4 heterocycles. The average molecular weight is 477 g/mol. The quantitative estimate of drug-likeness (QED) is 0.692. The Kier molecular flexibility index (Phi) is 5.29. The first-order valence-electron chi connectivity index (χ1n) is 10.7. The smallest absolute Gasteiger partial charge is 0.278 e. The molecule has 0 radical (unpaired) electrons. The predicted octanol–water partition coefficient (Wildman–Crippen LogP) is 1.43. The van der Waals surface area contributed by atoms with E-state index >= 15 is 0 Å². The minimum absolute atomic E-state index is 0.0609. The van der Waals surface area contributed by atoms with Crippen molar-refractivity contribution in [2.45, 2.75) is 32.1 Å². The summed E-state index contributed by atoms with van der Waals surface area (Å²) in [5, 5.41) is 15.0. The van der Waals surface area contributed by atoms with E-state index in [0.717, 1.165) is 0 Å². The number of nitrogens with one attached hydrogen (secondary N) is 1. The minimum Gasteiger partial charge on any atom is -0.502 e. The number of hydrogen-bond donors (Lipinski definition) is 2. The normalized spacial score (nSPS) is 23.4. The molecule has 174 valence electrons. The number of nitrogens with zero attached hydrogens (tertiary/aromatic N) is 3. The van der Waals surface area contributed by atoms with Crippen LogP contribution in [0.15, 0.2) is 29.2 Å². The molecule has 5 rings (SSSR count). The van der Waals surface area contributed by atoms with Gasteiger partial charge >= 0.3 is 0 Å². The van der Waals surface area contributed by atoms with Crippen LogP contribution in [0, 0.1) is 11.7 Å². The van der Waals surface area contributed by atoms with Gasteiger partial charge in [0, 0.05) is 30.8 Å². The Morgan fingerprint density at radius 2 is 2.12 bits per heavy atom. The van der Waals surface area contributed by atoms with Crippen molar-refractivity contribution >= 4 is 23.4 Å². The fourth-order valence-corrected chi connectivity index (χ4v) is 5.19. The Hall–Kier alpha value is -3.11. The highest BCUT2D eigenvalue weighted by molar-refractivity contribution is 6.30. The minimum atomic E-state index is -0.966. The number of carbonyl (C=O) groups is 2. The molecular weight excluding hydrogens is 455 g/mol. The maximum Gasteiger partial charge on any atom is 0.278 e. The summed E-state index contributed by atoms with van der Waals surface area (Å²) in [6.07, 6.45) is 1.69. The van der Waals surface area contributed by atoms with Crippen LogP contribution in [0.2, 0.25) is 5.02 Å². The van der Waals surface area contributed by atoms with Crippen LogP contribution in [0.25, 0.3) is 0 Å². The standard InChI is InChI=1S/C22H22ClFN4O5/c1-2-26-16-6-12-9-33-10-15(12)28(16)27-8-13(19(29)20(30)18(27)22(26)32)21(31)25-7-11-4-3-5-14(23)17(11)24/h3-5,8,12,15-16,30H,2,6-7,9-10H2,1H3,(H,25,31)/t12?,15-,16-/m0/s1. The Morgan fingerprint density at radius 1 is 1.33 bits per heavy atom. The molecule has 2 amide bonds. The molecule has 3 aliphatic rings. The summed E-state index contributed by atoms with van der Waals surface area (Å²) in [5.41, 5.74) is -1.34. The Bertz CT molecular complexity index is 1220. The molecule has 2 aromatic rings. The summed E-state index contributed by atoms with van der Waals surface area (Å²) >= 11 is 5.78. The van der Waals surface area contributed by atoms with Crippen molar-refractivity contribution in [3.05, 3.63) is 62.3 Å². The van der Waals surface area contributed by atoms with E-state index in [1.54, 1.807) is 11.0 Å². The van der Waals surface area contributed by atoms with Crippen molar-refractivity contribution in [3.63, 3.8) is 0 Å². The third-order valence-electron chi connectivity index (χ3n) is 6.62. The summed E-state index contributed by atoms with van der Waals surface area (Å²) < 4.78 is 21.2. The number of benzene rings is 1. The molecule has 1 aromatic heterocycles. The molecule has 2 N–H and O–H groups in total. The highest BCUT2D eigenvalue weighted by atomic mass is 35.5. The van der Waals surface area contributed by atoms with Gasteiger partial charge in [-0.1, -0.05) is 23.7 Å². The van der Waals surface area contributed by atoms with Gasteiger partial charge in [-0.3, -0.25) is 24.1 Å². The van der Waals surface area contributed by atoms with E-state index in [-0.39, 0.29) is 46.5 Å². The van der Waals surface area contributed by atoms with Gasteiger partial charge in [0.2, 0.25) is 5.43 Å². The lowest BCUT2D eigenvalue weighted by Crippen LogP contribution is -2.61. The van der Waals surface area contributed by atoms with Crippen LogP contribution < -0.4 is 15.8 Å². The summed E-state index contributed by atoms with van der Waals surface area (Å²) in [6.45, 7) is 3.03. The fourth-order valence-electron chi connectivity index (χ4n) is 4.99. The van der Waals surface area contributed by atoms with Gasteiger partial charge in [0.25, 0.3) is 11.8 Å². The molecule has 0 saturated carbocycles. The van der Waals surface area contributed by atoms with Crippen molar-refractivity contribution in [2.24, 2.45) is 5.92 Å². The van der Waals surface area contributed by atoms with Gasteiger partial charge in [-0.15, -0.1) is 0 Å². The van der Waals surface area contributed by atoms with Crippen LogP contribution in [-0.2, 0) is 11.3 Å². The van der Waals surface area contributed by atoms with Crippen LogP contribution in [0.5, 0.6) is 5.75 Å². The second kappa shape index (κ2) is 8.03. The topological polar surface area (TPSA) is 104 Å². The fraction of sp³-hybridized carbons (Fsp3) is 0.409. The molecule has 33 heavy (non-hydrogen) atoms. The maximum atomic E-state index is 14.2. The van der Waals surface area contributed by atoms with Crippen molar-refractivity contribution in [2.75, 3.05) is 24.8 Å². The third kappa shape index (κ3) is 3.27. The van der Waals surface area contributed by atoms with Crippen LogP contribution in [0.4, 0.5) is 4.39 Å². The van der Waals surface area contributed by atoms with Gasteiger partial charge in [-0.2, -0.15) is 0 Å². The van der Waals surface area contributed by atoms with E-state index in [0.29, 0.717) is 26.2 Å². The van der Waals surface area contributed by atoms with Gasteiger partial charge in [0.05, 0.1) is 24.3 Å². The van der Waals surface area contributed by atoms with Gasteiger partial charge in [-0.25, -0.2) is 4.39 Å². The van der Waals surface area contributed by atoms with E-state index in [1.165, 1.54) is 23.0 Å². The van der Waals surface area contributed by atoms with E-state index in [9.17, 15) is 23.9 Å². The molecule has 2 saturated heterocycles. The van der Waals surface area contributed by atoms with Crippen LogP contribution >= 0.6 is 11.6 Å². The number of fused-ring (bicyclic) bond motifs is 5. The number of amides is 2.